The topological polar surface area (TPSA) is 24.4 Å². The van der Waals surface area contributed by atoms with Gasteiger partial charge in [-0.05, 0) is 47.4 Å². The molecule has 1 atom stereocenters. The highest BCUT2D eigenvalue weighted by Crippen LogP contribution is 2.37. The summed E-state index contributed by atoms with van der Waals surface area (Å²) < 4.78 is 0. The smallest absolute Gasteiger partial charge is 0.0829 e. The van der Waals surface area contributed by atoms with Crippen molar-refractivity contribution < 1.29 is 0 Å². The number of fused-ring (bicyclic) bond motifs is 1. The minimum absolute atomic E-state index is 0.196. The number of benzene rings is 1. The van der Waals surface area contributed by atoms with Crippen molar-refractivity contribution in [3.63, 3.8) is 0 Å². The molecule has 3 heteroatoms. The van der Waals surface area contributed by atoms with Gasteiger partial charge in [-0.3, -0.25) is 4.99 Å². The summed E-state index contributed by atoms with van der Waals surface area (Å²) in [6.07, 6.45) is 5.32. The third-order valence-corrected chi connectivity index (χ3v) is 5.20. The number of nitrogens with zero attached hydrogens (tertiary/aromatic N) is 1. The Morgan fingerprint density at radius 2 is 2.21 bits per heavy atom. The lowest BCUT2D eigenvalue weighted by molar-refractivity contribution is 0.364. The summed E-state index contributed by atoms with van der Waals surface area (Å²) in [7, 11) is 0. The highest BCUT2D eigenvalue weighted by atomic mass is 32.1. The van der Waals surface area contributed by atoms with Gasteiger partial charge < -0.3 is 5.32 Å². The molecule has 1 spiro atoms. The number of aliphatic imine (C=N–C) groups is 1. The van der Waals surface area contributed by atoms with E-state index in [0.29, 0.717) is 0 Å². The SMILES string of the molecule is C1=NCC2(CCc3c(cccc3-c3cccs3)C2)N1. The predicted molar refractivity (Wildman–Crippen MR) is 81.0 cm³/mol. The van der Waals surface area contributed by atoms with Gasteiger partial charge in [0.1, 0.15) is 0 Å². The van der Waals surface area contributed by atoms with Crippen molar-refractivity contribution in [2.24, 2.45) is 4.99 Å². The van der Waals surface area contributed by atoms with Crippen molar-refractivity contribution in [3.05, 3.63) is 46.8 Å². The highest BCUT2D eigenvalue weighted by molar-refractivity contribution is 7.13. The Balaban J connectivity index is 1.76. The second-order valence-electron chi connectivity index (χ2n) is 5.49. The van der Waals surface area contributed by atoms with Crippen LogP contribution in [0.15, 0.2) is 40.7 Å². The maximum Gasteiger partial charge on any atom is 0.0829 e. The minimum Gasteiger partial charge on any atom is -0.369 e. The molecule has 1 aromatic heterocycles. The molecule has 1 aliphatic heterocycles. The van der Waals surface area contributed by atoms with E-state index in [-0.39, 0.29) is 5.54 Å². The number of rotatable bonds is 1. The summed E-state index contributed by atoms with van der Waals surface area (Å²) in [6.45, 7) is 0.926. The fraction of sp³-hybridized carbons (Fsp3) is 0.312. The molecule has 2 aliphatic rings. The van der Waals surface area contributed by atoms with E-state index < -0.39 is 0 Å². The van der Waals surface area contributed by atoms with Crippen molar-refractivity contribution >= 4 is 17.7 Å². The van der Waals surface area contributed by atoms with Crippen LogP contribution in [0.5, 0.6) is 0 Å². The first-order valence-electron chi connectivity index (χ1n) is 6.77. The van der Waals surface area contributed by atoms with Crippen molar-refractivity contribution in [2.45, 2.75) is 24.8 Å². The number of hydrogen-bond acceptors (Lipinski definition) is 3. The van der Waals surface area contributed by atoms with Crippen LogP contribution in [0.1, 0.15) is 17.5 Å². The van der Waals surface area contributed by atoms with Gasteiger partial charge in [-0.25, -0.2) is 0 Å². The Labute approximate surface area is 117 Å². The van der Waals surface area contributed by atoms with E-state index in [9.17, 15) is 0 Å². The lowest BCUT2D eigenvalue weighted by Crippen LogP contribution is -2.47. The van der Waals surface area contributed by atoms with Crippen LogP contribution in [-0.4, -0.2) is 18.4 Å². The molecular formula is C16H16N2S. The zero-order valence-corrected chi connectivity index (χ0v) is 11.5. The molecule has 1 unspecified atom stereocenters. The quantitative estimate of drug-likeness (QED) is 0.843. The summed E-state index contributed by atoms with van der Waals surface area (Å²) in [5.41, 5.74) is 4.67. The summed E-state index contributed by atoms with van der Waals surface area (Å²) in [5, 5.41) is 5.64. The van der Waals surface area contributed by atoms with Crippen molar-refractivity contribution in [2.75, 3.05) is 6.54 Å². The van der Waals surface area contributed by atoms with Crippen LogP contribution in [0.25, 0.3) is 10.4 Å². The van der Waals surface area contributed by atoms with Crippen LogP contribution in [0.4, 0.5) is 0 Å². The van der Waals surface area contributed by atoms with Crippen molar-refractivity contribution in [3.8, 4) is 10.4 Å². The molecule has 1 aromatic carbocycles. The Morgan fingerprint density at radius 1 is 1.21 bits per heavy atom. The molecule has 0 saturated carbocycles. The van der Waals surface area contributed by atoms with E-state index in [1.165, 1.54) is 22.4 Å². The van der Waals surface area contributed by atoms with Crippen molar-refractivity contribution in [1.29, 1.82) is 0 Å². The lowest BCUT2D eigenvalue weighted by Gasteiger charge is -2.35. The number of thiophene rings is 1. The summed E-state index contributed by atoms with van der Waals surface area (Å²) in [6, 6.07) is 11.1. The highest BCUT2D eigenvalue weighted by Gasteiger charge is 2.36. The third-order valence-electron chi connectivity index (χ3n) is 4.30. The molecule has 2 nitrogen and oxygen atoms in total. The van der Waals surface area contributed by atoms with Gasteiger partial charge in [0.05, 0.1) is 18.4 Å². The van der Waals surface area contributed by atoms with Gasteiger partial charge in [0.2, 0.25) is 0 Å². The summed E-state index contributed by atoms with van der Waals surface area (Å²) in [4.78, 5) is 5.76. The van der Waals surface area contributed by atoms with E-state index in [1.807, 2.05) is 17.7 Å². The first-order chi connectivity index (χ1) is 9.36. The van der Waals surface area contributed by atoms with Crippen LogP contribution in [0, 0.1) is 0 Å². The molecule has 19 heavy (non-hydrogen) atoms. The fourth-order valence-electron chi connectivity index (χ4n) is 3.28. The summed E-state index contributed by atoms with van der Waals surface area (Å²) >= 11 is 1.83. The largest absolute Gasteiger partial charge is 0.369 e. The number of nitrogens with one attached hydrogen (secondary N) is 1. The van der Waals surface area contributed by atoms with Gasteiger partial charge >= 0.3 is 0 Å². The van der Waals surface area contributed by atoms with Crippen molar-refractivity contribution in [1.82, 2.24) is 5.32 Å². The number of hydrogen-bond donors (Lipinski definition) is 1. The van der Waals surface area contributed by atoms with Gasteiger partial charge in [0.25, 0.3) is 0 Å². The molecule has 2 heterocycles. The third kappa shape index (κ3) is 1.80. The average Bonchev–Trinajstić information content (AvgIpc) is 3.10. The Morgan fingerprint density at radius 3 is 3.00 bits per heavy atom. The zero-order valence-electron chi connectivity index (χ0n) is 10.7. The van der Waals surface area contributed by atoms with E-state index in [1.54, 1.807) is 5.56 Å². The monoisotopic (exact) mass is 268 g/mol. The van der Waals surface area contributed by atoms with Gasteiger partial charge in [-0.2, -0.15) is 0 Å². The molecule has 0 fully saturated rings. The zero-order chi connectivity index (χ0) is 12.7. The molecule has 1 N–H and O–H groups in total. The van der Waals surface area contributed by atoms with Crippen LogP contribution < -0.4 is 5.32 Å². The second kappa shape index (κ2) is 4.20. The molecule has 0 amide bonds. The second-order valence-corrected chi connectivity index (χ2v) is 6.44. The van der Waals surface area contributed by atoms with E-state index in [2.05, 4.69) is 46.0 Å². The van der Waals surface area contributed by atoms with Crippen LogP contribution in [-0.2, 0) is 12.8 Å². The molecule has 1 aliphatic carbocycles. The Kier molecular flexibility index (Phi) is 2.49. The standard InChI is InChI=1S/C16H16N2S/c1-3-12-9-16(10-17-11-18-16)7-6-13(12)14(4-1)15-5-2-8-19-15/h1-5,8,11H,6-7,9-10H2,(H,17,18). The lowest BCUT2D eigenvalue weighted by atomic mass is 9.77. The van der Waals surface area contributed by atoms with Crippen LogP contribution in [0.3, 0.4) is 0 Å². The molecular weight excluding hydrogens is 252 g/mol. The molecule has 0 radical (unpaired) electrons. The molecule has 2 aromatic rings. The average molecular weight is 268 g/mol. The van der Waals surface area contributed by atoms with Crippen LogP contribution in [0.2, 0.25) is 0 Å². The normalized spacial score (nSPS) is 24.4. The molecule has 0 saturated heterocycles. The van der Waals surface area contributed by atoms with Gasteiger partial charge in [-0.1, -0.05) is 24.3 Å². The fourth-order valence-corrected chi connectivity index (χ4v) is 4.06. The van der Waals surface area contributed by atoms with Crippen LogP contribution >= 0.6 is 11.3 Å². The molecule has 96 valence electrons. The predicted octanol–water partition coefficient (Wildman–Crippen LogP) is 3.27. The summed E-state index contributed by atoms with van der Waals surface area (Å²) in [5.74, 6) is 0. The minimum atomic E-state index is 0.196. The maximum atomic E-state index is 4.37. The first kappa shape index (κ1) is 11.2. The molecule has 0 bridgehead atoms. The van der Waals surface area contributed by atoms with E-state index >= 15 is 0 Å². The van der Waals surface area contributed by atoms with Gasteiger partial charge in [0.15, 0.2) is 0 Å². The van der Waals surface area contributed by atoms with E-state index in [0.717, 1.165) is 19.4 Å². The van der Waals surface area contributed by atoms with Gasteiger partial charge in [-0.15, -0.1) is 11.3 Å². The Bertz CT molecular complexity index is 620. The molecule has 4 rings (SSSR count). The Hall–Kier alpha value is -1.61. The van der Waals surface area contributed by atoms with E-state index in [4.69, 9.17) is 0 Å². The maximum absolute atomic E-state index is 4.37. The first-order valence-corrected chi connectivity index (χ1v) is 7.65. The van der Waals surface area contributed by atoms with Gasteiger partial charge in [0, 0.05) is 4.88 Å².